The molecule has 0 aliphatic carbocycles. The van der Waals surface area contributed by atoms with Crippen molar-refractivity contribution in [3.63, 3.8) is 0 Å². The predicted octanol–water partition coefficient (Wildman–Crippen LogP) is 2.31. The Morgan fingerprint density at radius 2 is 2.15 bits per heavy atom. The van der Waals surface area contributed by atoms with Gasteiger partial charge in [-0.2, -0.15) is 0 Å². The van der Waals surface area contributed by atoms with Crippen molar-refractivity contribution in [2.24, 2.45) is 0 Å². The molecule has 5 heteroatoms. The van der Waals surface area contributed by atoms with Gasteiger partial charge in [0.1, 0.15) is 0 Å². The lowest BCUT2D eigenvalue weighted by Crippen LogP contribution is -2.48. The van der Waals surface area contributed by atoms with E-state index in [0.717, 1.165) is 37.7 Å². The van der Waals surface area contributed by atoms with E-state index in [4.69, 9.17) is 9.47 Å². The van der Waals surface area contributed by atoms with Gasteiger partial charge in [0.2, 0.25) is 0 Å². The van der Waals surface area contributed by atoms with Gasteiger partial charge in [0.05, 0.1) is 13.7 Å². The number of piperazine rings is 1. The van der Waals surface area contributed by atoms with E-state index in [0.29, 0.717) is 12.6 Å². The van der Waals surface area contributed by atoms with Crippen LogP contribution in [0.4, 0.5) is 0 Å². The molecule has 1 atom stereocenters. The average Bonchev–Trinajstić information content (AvgIpc) is 2.41. The molecular formula is C15H25ClN2O2. The van der Waals surface area contributed by atoms with Crippen LogP contribution >= 0.6 is 12.4 Å². The van der Waals surface area contributed by atoms with Crippen molar-refractivity contribution < 1.29 is 9.47 Å². The topological polar surface area (TPSA) is 33.7 Å². The van der Waals surface area contributed by atoms with E-state index in [1.807, 2.05) is 13.0 Å². The summed E-state index contributed by atoms with van der Waals surface area (Å²) in [5, 5.41) is 3.46. The molecule has 114 valence electrons. The summed E-state index contributed by atoms with van der Waals surface area (Å²) in [4.78, 5) is 2.47. The second kappa shape index (κ2) is 8.35. The lowest BCUT2D eigenvalue weighted by atomic mass is 10.1. The Balaban J connectivity index is 0.00000200. The Labute approximate surface area is 127 Å². The van der Waals surface area contributed by atoms with Crippen LogP contribution in [-0.4, -0.2) is 44.3 Å². The van der Waals surface area contributed by atoms with Crippen LogP contribution in [-0.2, 0) is 6.54 Å². The summed E-state index contributed by atoms with van der Waals surface area (Å²) in [5.74, 6) is 1.64. The van der Waals surface area contributed by atoms with E-state index in [1.54, 1.807) is 7.11 Å². The molecule has 0 amide bonds. The van der Waals surface area contributed by atoms with Crippen LogP contribution in [0.3, 0.4) is 0 Å². The van der Waals surface area contributed by atoms with Gasteiger partial charge in [-0.15, -0.1) is 12.4 Å². The van der Waals surface area contributed by atoms with E-state index in [9.17, 15) is 0 Å². The molecule has 1 saturated heterocycles. The Hall–Kier alpha value is -0.970. The van der Waals surface area contributed by atoms with Crippen molar-refractivity contribution in [2.75, 3.05) is 33.4 Å². The van der Waals surface area contributed by atoms with E-state index in [1.165, 1.54) is 5.56 Å². The fourth-order valence-corrected chi connectivity index (χ4v) is 2.50. The number of benzene rings is 1. The van der Waals surface area contributed by atoms with Gasteiger partial charge in [0.15, 0.2) is 11.5 Å². The van der Waals surface area contributed by atoms with Gasteiger partial charge in [-0.3, -0.25) is 4.90 Å². The Morgan fingerprint density at radius 3 is 2.80 bits per heavy atom. The molecule has 1 N–H and O–H groups in total. The number of hydrogen-bond donors (Lipinski definition) is 1. The maximum absolute atomic E-state index is 5.54. The van der Waals surface area contributed by atoms with Crippen molar-refractivity contribution in [2.45, 2.75) is 26.4 Å². The zero-order valence-corrected chi connectivity index (χ0v) is 13.3. The summed E-state index contributed by atoms with van der Waals surface area (Å²) in [5.41, 5.74) is 1.27. The van der Waals surface area contributed by atoms with Crippen LogP contribution in [0, 0.1) is 0 Å². The first-order chi connectivity index (χ1) is 9.22. The van der Waals surface area contributed by atoms with E-state index >= 15 is 0 Å². The van der Waals surface area contributed by atoms with Gasteiger partial charge < -0.3 is 14.8 Å². The first-order valence-electron chi connectivity index (χ1n) is 6.98. The van der Waals surface area contributed by atoms with Gasteiger partial charge in [-0.05, 0) is 31.5 Å². The predicted molar refractivity (Wildman–Crippen MR) is 84.2 cm³/mol. The third-order valence-corrected chi connectivity index (χ3v) is 3.39. The molecule has 0 radical (unpaired) electrons. The SMILES string of the molecule is CCOc1ccc(CN2CCN[C@H](C)C2)cc1OC.Cl. The Kier molecular flexibility index (Phi) is 7.13. The summed E-state index contributed by atoms with van der Waals surface area (Å²) in [7, 11) is 1.69. The molecule has 2 rings (SSSR count). The van der Waals surface area contributed by atoms with Crippen LogP contribution in [0.1, 0.15) is 19.4 Å². The van der Waals surface area contributed by atoms with Crippen molar-refractivity contribution in [1.29, 1.82) is 0 Å². The maximum Gasteiger partial charge on any atom is 0.161 e. The molecule has 1 aromatic rings. The molecule has 1 heterocycles. The highest BCUT2D eigenvalue weighted by molar-refractivity contribution is 5.85. The summed E-state index contributed by atoms with van der Waals surface area (Å²) in [6, 6.07) is 6.78. The monoisotopic (exact) mass is 300 g/mol. The fourth-order valence-electron chi connectivity index (χ4n) is 2.50. The van der Waals surface area contributed by atoms with E-state index in [2.05, 4.69) is 29.3 Å². The summed E-state index contributed by atoms with van der Waals surface area (Å²) >= 11 is 0. The van der Waals surface area contributed by atoms with Crippen LogP contribution < -0.4 is 14.8 Å². The molecule has 1 fully saturated rings. The van der Waals surface area contributed by atoms with Gasteiger partial charge in [-0.1, -0.05) is 6.07 Å². The number of methoxy groups -OCH3 is 1. The van der Waals surface area contributed by atoms with Gasteiger partial charge in [-0.25, -0.2) is 0 Å². The van der Waals surface area contributed by atoms with E-state index < -0.39 is 0 Å². The van der Waals surface area contributed by atoms with Crippen molar-refractivity contribution in [3.05, 3.63) is 23.8 Å². The largest absolute Gasteiger partial charge is 0.493 e. The highest BCUT2D eigenvalue weighted by Crippen LogP contribution is 2.28. The quantitative estimate of drug-likeness (QED) is 0.905. The third kappa shape index (κ3) is 4.54. The molecule has 1 aromatic carbocycles. The lowest BCUT2D eigenvalue weighted by Gasteiger charge is -2.31. The minimum atomic E-state index is 0. The number of hydrogen-bond acceptors (Lipinski definition) is 4. The van der Waals surface area contributed by atoms with Crippen molar-refractivity contribution in [3.8, 4) is 11.5 Å². The number of ether oxygens (including phenoxy) is 2. The number of rotatable bonds is 5. The van der Waals surface area contributed by atoms with Crippen LogP contribution in [0.15, 0.2) is 18.2 Å². The summed E-state index contributed by atoms with van der Waals surface area (Å²) < 4.78 is 10.9. The minimum Gasteiger partial charge on any atom is -0.493 e. The highest BCUT2D eigenvalue weighted by atomic mass is 35.5. The summed E-state index contributed by atoms with van der Waals surface area (Å²) in [6.07, 6.45) is 0. The second-order valence-corrected chi connectivity index (χ2v) is 5.01. The molecule has 4 nitrogen and oxygen atoms in total. The van der Waals surface area contributed by atoms with Gasteiger partial charge in [0, 0.05) is 32.2 Å². The first kappa shape index (κ1) is 17.1. The molecule has 1 aliphatic rings. The lowest BCUT2D eigenvalue weighted by molar-refractivity contribution is 0.199. The average molecular weight is 301 g/mol. The smallest absolute Gasteiger partial charge is 0.161 e. The minimum absolute atomic E-state index is 0. The molecule has 1 aliphatic heterocycles. The van der Waals surface area contributed by atoms with E-state index in [-0.39, 0.29) is 12.4 Å². The normalized spacial score (nSPS) is 19.2. The zero-order chi connectivity index (χ0) is 13.7. The molecule has 0 bridgehead atoms. The fraction of sp³-hybridized carbons (Fsp3) is 0.600. The Morgan fingerprint density at radius 1 is 1.35 bits per heavy atom. The molecule has 0 unspecified atom stereocenters. The Bertz CT molecular complexity index is 415. The maximum atomic E-state index is 5.54. The molecule has 0 aromatic heterocycles. The van der Waals surface area contributed by atoms with Crippen molar-refractivity contribution >= 4 is 12.4 Å². The molecule has 0 spiro atoms. The molecule has 20 heavy (non-hydrogen) atoms. The van der Waals surface area contributed by atoms with Crippen LogP contribution in [0.2, 0.25) is 0 Å². The number of halogens is 1. The summed E-state index contributed by atoms with van der Waals surface area (Å²) in [6.45, 7) is 9.09. The standard InChI is InChI=1S/C15H24N2O2.ClH/c1-4-19-14-6-5-13(9-15(14)18-3)11-17-8-7-16-12(2)10-17;/h5-6,9,12,16H,4,7-8,10-11H2,1-3H3;1H/t12-;/m1./s1. The number of nitrogens with one attached hydrogen (secondary N) is 1. The van der Waals surface area contributed by atoms with Gasteiger partial charge in [0.25, 0.3) is 0 Å². The first-order valence-corrected chi connectivity index (χ1v) is 6.98. The van der Waals surface area contributed by atoms with Crippen LogP contribution in [0.5, 0.6) is 11.5 Å². The van der Waals surface area contributed by atoms with Crippen LogP contribution in [0.25, 0.3) is 0 Å². The van der Waals surface area contributed by atoms with Crippen molar-refractivity contribution in [1.82, 2.24) is 10.2 Å². The zero-order valence-electron chi connectivity index (χ0n) is 12.5. The highest BCUT2D eigenvalue weighted by Gasteiger charge is 2.16. The number of nitrogens with zero attached hydrogens (tertiary/aromatic N) is 1. The third-order valence-electron chi connectivity index (χ3n) is 3.39. The molecule has 0 saturated carbocycles. The molecular weight excluding hydrogens is 276 g/mol. The van der Waals surface area contributed by atoms with Gasteiger partial charge >= 0.3 is 0 Å². The second-order valence-electron chi connectivity index (χ2n) is 5.01.